The van der Waals surface area contributed by atoms with E-state index in [1.54, 1.807) is 7.11 Å². The van der Waals surface area contributed by atoms with Gasteiger partial charge in [-0.3, -0.25) is 4.90 Å². The largest absolute Gasteiger partial charge is 0.493 e. The second kappa shape index (κ2) is 7.95. The molecule has 4 rings (SSSR count). The fraction of sp³-hybridized carbons (Fsp3) is 0.636. The van der Waals surface area contributed by atoms with E-state index in [0.717, 1.165) is 32.4 Å². The molecule has 0 amide bonds. The maximum Gasteiger partial charge on any atom is 0.264 e. The van der Waals surface area contributed by atoms with E-state index in [-0.39, 0.29) is 24.2 Å². The Morgan fingerprint density at radius 3 is 2.79 bits per heavy atom. The van der Waals surface area contributed by atoms with Crippen molar-refractivity contribution in [3.63, 3.8) is 0 Å². The van der Waals surface area contributed by atoms with Gasteiger partial charge in [-0.15, -0.1) is 0 Å². The van der Waals surface area contributed by atoms with Crippen LogP contribution < -0.4 is 9.47 Å². The molecule has 2 aromatic rings. The molecule has 29 heavy (non-hydrogen) atoms. The second-order valence-electron chi connectivity index (χ2n) is 9.41. The van der Waals surface area contributed by atoms with E-state index in [4.69, 9.17) is 14.0 Å². The number of methoxy groups -OCH3 is 1. The lowest BCUT2D eigenvalue weighted by molar-refractivity contribution is -0.0259. The third-order valence-corrected chi connectivity index (χ3v) is 6.00. The lowest BCUT2D eigenvalue weighted by Crippen LogP contribution is -2.48. The number of hydrogen-bond acceptors (Lipinski definition) is 7. The molecule has 2 aliphatic heterocycles. The summed E-state index contributed by atoms with van der Waals surface area (Å²) >= 11 is 0. The van der Waals surface area contributed by atoms with Crippen LogP contribution in [0.3, 0.4) is 0 Å². The van der Waals surface area contributed by atoms with Gasteiger partial charge in [0.2, 0.25) is 0 Å². The van der Waals surface area contributed by atoms with Crippen molar-refractivity contribution < 1.29 is 19.1 Å². The summed E-state index contributed by atoms with van der Waals surface area (Å²) in [6.07, 6.45) is 3.85. The quantitative estimate of drug-likeness (QED) is 0.823. The zero-order valence-corrected chi connectivity index (χ0v) is 17.7. The van der Waals surface area contributed by atoms with Crippen molar-refractivity contribution in [2.24, 2.45) is 11.3 Å². The Hall–Kier alpha value is -2.12. The number of rotatable bonds is 5. The van der Waals surface area contributed by atoms with Gasteiger partial charge < -0.3 is 19.1 Å². The summed E-state index contributed by atoms with van der Waals surface area (Å²) in [5.41, 5.74) is 2.72. The van der Waals surface area contributed by atoms with Crippen molar-refractivity contribution >= 4 is 0 Å². The van der Waals surface area contributed by atoms with Gasteiger partial charge in [0.15, 0.2) is 24.4 Å². The standard InChI is InChI=1S/C22H31N3O4/c1-22(2,3)10-15-11-25-6-5-14-7-20(28-12-21-23-13-24-29-21)19(27-4)8-16(14)17(25)9-18(15)26/h7-8,13,15,17-18,26H,5-6,9-12H2,1-4H3. The highest BCUT2D eigenvalue weighted by atomic mass is 16.5. The number of nitrogens with zero attached hydrogens (tertiary/aromatic N) is 3. The minimum Gasteiger partial charge on any atom is -0.493 e. The van der Waals surface area contributed by atoms with Crippen LogP contribution in [0.5, 0.6) is 11.5 Å². The van der Waals surface area contributed by atoms with Crippen molar-refractivity contribution in [3.05, 3.63) is 35.5 Å². The van der Waals surface area contributed by atoms with Crippen molar-refractivity contribution in [2.45, 2.75) is 58.8 Å². The first-order chi connectivity index (χ1) is 13.8. The Morgan fingerprint density at radius 2 is 2.10 bits per heavy atom. The van der Waals surface area contributed by atoms with Crippen LogP contribution in [-0.4, -0.2) is 46.5 Å². The smallest absolute Gasteiger partial charge is 0.264 e. The Balaban J connectivity index is 1.54. The summed E-state index contributed by atoms with van der Waals surface area (Å²) < 4.78 is 16.5. The van der Waals surface area contributed by atoms with Gasteiger partial charge in [0.25, 0.3) is 5.89 Å². The van der Waals surface area contributed by atoms with Gasteiger partial charge in [-0.25, -0.2) is 0 Å². The number of piperidine rings is 1. The molecular formula is C22H31N3O4. The highest BCUT2D eigenvalue weighted by Gasteiger charge is 2.39. The third kappa shape index (κ3) is 4.41. The molecule has 0 saturated carbocycles. The fourth-order valence-corrected chi connectivity index (χ4v) is 4.76. The molecular weight excluding hydrogens is 370 g/mol. The molecule has 1 aromatic carbocycles. The maximum atomic E-state index is 10.9. The molecule has 7 heteroatoms. The van der Waals surface area contributed by atoms with Gasteiger partial charge in [0.1, 0.15) is 0 Å². The molecule has 1 aromatic heterocycles. The first-order valence-corrected chi connectivity index (χ1v) is 10.4. The molecule has 1 fully saturated rings. The van der Waals surface area contributed by atoms with Gasteiger partial charge in [-0.05, 0) is 53.9 Å². The van der Waals surface area contributed by atoms with Crippen LogP contribution in [0.25, 0.3) is 0 Å². The van der Waals surface area contributed by atoms with E-state index in [1.165, 1.54) is 17.5 Å². The predicted molar refractivity (Wildman–Crippen MR) is 108 cm³/mol. The van der Waals surface area contributed by atoms with Crippen molar-refractivity contribution in [1.82, 2.24) is 15.0 Å². The number of ether oxygens (including phenoxy) is 2. The fourth-order valence-electron chi connectivity index (χ4n) is 4.76. The zero-order chi connectivity index (χ0) is 20.6. The third-order valence-electron chi connectivity index (χ3n) is 6.00. The van der Waals surface area contributed by atoms with Gasteiger partial charge in [-0.1, -0.05) is 25.9 Å². The number of fused-ring (bicyclic) bond motifs is 3. The Kier molecular flexibility index (Phi) is 5.53. The van der Waals surface area contributed by atoms with Gasteiger partial charge in [-0.2, -0.15) is 4.98 Å². The van der Waals surface area contributed by atoms with Gasteiger partial charge in [0.05, 0.1) is 13.2 Å². The number of hydrogen-bond donors (Lipinski definition) is 1. The van der Waals surface area contributed by atoms with E-state index >= 15 is 0 Å². The second-order valence-corrected chi connectivity index (χ2v) is 9.41. The van der Waals surface area contributed by atoms with Crippen LogP contribution in [0.2, 0.25) is 0 Å². The summed E-state index contributed by atoms with van der Waals surface area (Å²) in [7, 11) is 1.65. The number of aromatic nitrogens is 2. The number of benzene rings is 1. The van der Waals surface area contributed by atoms with Crippen molar-refractivity contribution in [2.75, 3.05) is 20.2 Å². The van der Waals surface area contributed by atoms with Crippen molar-refractivity contribution in [3.8, 4) is 11.5 Å². The minimum atomic E-state index is -0.277. The summed E-state index contributed by atoms with van der Waals surface area (Å²) in [5.74, 6) is 2.12. The van der Waals surface area contributed by atoms with Crippen LogP contribution in [0.1, 0.15) is 56.7 Å². The molecule has 1 N–H and O–H groups in total. The van der Waals surface area contributed by atoms with Gasteiger partial charge in [0, 0.05) is 19.1 Å². The Bertz CT molecular complexity index is 831. The average Bonchev–Trinajstić information content (AvgIpc) is 3.19. The average molecular weight is 402 g/mol. The molecule has 7 nitrogen and oxygen atoms in total. The van der Waals surface area contributed by atoms with Crippen LogP contribution >= 0.6 is 0 Å². The normalized spacial score (nSPS) is 24.7. The first-order valence-electron chi connectivity index (χ1n) is 10.4. The maximum absolute atomic E-state index is 10.9. The van der Waals surface area contributed by atoms with Gasteiger partial charge >= 0.3 is 0 Å². The molecule has 3 heterocycles. The molecule has 1 saturated heterocycles. The molecule has 0 aliphatic carbocycles. The van der Waals surface area contributed by atoms with Crippen LogP contribution in [0.15, 0.2) is 23.0 Å². The summed E-state index contributed by atoms with van der Waals surface area (Å²) in [4.78, 5) is 6.52. The minimum absolute atomic E-state index is 0.206. The van der Waals surface area contributed by atoms with Crippen molar-refractivity contribution in [1.29, 1.82) is 0 Å². The molecule has 0 radical (unpaired) electrons. The lowest BCUT2D eigenvalue weighted by Gasteiger charge is -2.47. The highest BCUT2D eigenvalue weighted by Crippen LogP contribution is 2.44. The van der Waals surface area contributed by atoms with E-state index in [0.29, 0.717) is 23.3 Å². The number of aliphatic hydroxyl groups excluding tert-OH is 1. The van der Waals surface area contributed by atoms with E-state index in [9.17, 15) is 5.11 Å². The van der Waals surface area contributed by atoms with Crippen LogP contribution in [-0.2, 0) is 13.0 Å². The molecule has 3 unspecified atom stereocenters. The monoisotopic (exact) mass is 401 g/mol. The molecule has 0 bridgehead atoms. The Labute approximate surface area is 172 Å². The molecule has 2 aliphatic rings. The van der Waals surface area contributed by atoms with E-state index < -0.39 is 0 Å². The van der Waals surface area contributed by atoms with E-state index in [1.807, 2.05) is 0 Å². The molecule has 0 spiro atoms. The summed E-state index contributed by atoms with van der Waals surface area (Å²) in [6, 6.07) is 4.37. The first kappa shape index (κ1) is 20.2. The lowest BCUT2D eigenvalue weighted by atomic mass is 9.75. The predicted octanol–water partition coefficient (Wildman–Crippen LogP) is 3.37. The Morgan fingerprint density at radius 1 is 1.28 bits per heavy atom. The summed E-state index contributed by atoms with van der Waals surface area (Å²) in [5, 5.41) is 14.5. The molecule has 158 valence electrons. The highest BCUT2D eigenvalue weighted by molar-refractivity contribution is 5.49. The summed E-state index contributed by atoms with van der Waals surface area (Å²) in [6.45, 7) is 8.90. The van der Waals surface area contributed by atoms with E-state index in [2.05, 4.69) is 47.9 Å². The SMILES string of the molecule is COc1cc2c(cc1OCc1ncno1)CCN1CC(CC(C)(C)C)C(O)CC21. The molecule has 3 atom stereocenters. The topological polar surface area (TPSA) is 80.9 Å². The van der Waals surface area contributed by atoms with Crippen LogP contribution in [0, 0.1) is 11.3 Å². The zero-order valence-electron chi connectivity index (χ0n) is 17.7. The number of aliphatic hydroxyl groups is 1. The van der Waals surface area contributed by atoms with Crippen LogP contribution in [0.4, 0.5) is 0 Å².